The van der Waals surface area contributed by atoms with Crippen molar-refractivity contribution in [2.75, 3.05) is 0 Å². The minimum atomic E-state index is -3.31. The van der Waals surface area contributed by atoms with E-state index in [4.69, 9.17) is 7.39 Å². The molecule has 0 aliphatic rings. The molecule has 0 aromatic carbocycles. The fourth-order valence-corrected chi connectivity index (χ4v) is 44.9. The molecule has 0 aliphatic heterocycles. The van der Waals surface area contributed by atoms with E-state index in [1.165, 1.54) is 64.7 Å². The number of rotatable bonds is 16. The van der Waals surface area contributed by atoms with Gasteiger partial charge in [-0.15, -0.1) is 0 Å². The first-order chi connectivity index (χ1) is 11.1. The molecule has 0 heterocycles. The van der Waals surface area contributed by atoms with E-state index in [2.05, 4.69) is 27.7 Å². The van der Waals surface area contributed by atoms with Crippen LogP contribution in [0, 0.1) is 0 Å². The second-order valence-electron chi connectivity index (χ2n) is 6.79. The quantitative estimate of drug-likeness (QED) is 0.275. The van der Waals surface area contributed by atoms with Gasteiger partial charge in [-0.05, 0) is 0 Å². The second-order valence-corrected chi connectivity index (χ2v) is 30.0. The molecule has 3 nitrogen and oxygen atoms in total. The Bertz CT molecular complexity index is 258. The standard InChI is InChI=1S/4C4H9.2BH2O.O.2Sn/c4*1-3-4-2;2*1-2;;;/h4*1,3-4H2,2H3;2*1H2;;;/q;;;;2*-1;;;+2. The molecule has 0 fully saturated rings. The Balaban J connectivity index is 5.28. The Kier molecular flexibility index (Phi) is 15.8. The molecule has 23 heavy (non-hydrogen) atoms. The zero-order valence-electron chi connectivity index (χ0n) is 16.7. The van der Waals surface area contributed by atoms with Crippen LogP contribution in [0.1, 0.15) is 79.1 Å². The van der Waals surface area contributed by atoms with Crippen LogP contribution in [0.5, 0.6) is 0 Å². The molecule has 136 valence electrons. The fourth-order valence-electron chi connectivity index (χ4n) is 3.17. The van der Waals surface area contributed by atoms with Crippen molar-refractivity contribution in [3.05, 3.63) is 0 Å². The van der Waals surface area contributed by atoms with Gasteiger partial charge < -0.3 is 0 Å². The van der Waals surface area contributed by atoms with Crippen LogP contribution in [-0.4, -0.2) is 54.5 Å². The van der Waals surface area contributed by atoms with E-state index in [1.54, 1.807) is 0 Å². The first kappa shape index (κ1) is 24.6. The van der Waals surface area contributed by atoms with Crippen LogP contribution in [0.25, 0.3) is 0 Å². The van der Waals surface area contributed by atoms with E-state index in [0.717, 1.165) is 4.44 Å². The van der Waals surface area contributed by atoms with Crippen LogP contribution in [0.2, 0.25) is 17.7 Å². The average Bonchev–Trinajstić information content (AvgIpc) is 2.59. The van der Waals surface area contributed by atoms with Gasteiger partial charge >= 0.3 is 159 Å². The van der Waals surface area contributed by atoms with Gasteiger partial charge in [0.25, 0.3) is 0 Å². The molecule has 0 unspecified atom stereocenters. The van der Waals surface area contributed by atoms with Crippen LogP contribution < -0.4 is 0 Å². The zero-order valence-corrected chi connectivity index (χ0v) is 22.4. The molecule has 0 aliphatic carbocycles. The molecule has 0 radical (unpaired) electrons. The summed E-state index contributed by atoms with van der Waals surface area (Å²) < 4.78 is 24.3. The molecule has 0 spiro atoms. The first-order valence-corrected chi connectivity index (χ1v) is 22.6. The maximum atomic E-state index is 7.11. The van der Waals surface area contributed by atoms with Crippen LogP contribution in [-0.2, 0) is 7.39 Å². The van der Waals surface area contributed by atoms with Gasteiger partial charge in [0.15, 0.2) is 0 Å². The third kappa shape index (κ3) is 9.76. The van der Waals surface area contributed by atoms with Gasteiger partial charge in [-0.3, -0.25) is 0 Å². The van der Waals surface area contributed by atoms with Crippen molar-refractivity contribution in [2.45, 2.75) is 96.8 Å². The van der Waals surface area contributed by atoms with Gasteiger partial charge in [0.05, 0.1) is 0 Å². The molecule has 0 N–H and O–H groups in total. The maximum absolute atomic E-state index is 7.11. The fraction of sp³-hybridized carbons (Fsp3) is 1.00. The third-order valence-electron chi connectivity index (χ3n) is 4.79. The van der Waals surface area contributed by atoms with Gasteiger partial charge in [0.2, 0.25) is 0 Å². The zero-order chi connectivity index (χ0) is 17.6. The van der Waals surface area contributed by atoms with Crippen molar-refractivity contribution in [3.63, 3.8) is 0 Å². The monoisotopic (exact) mass is 542 g/mol. The SMILES string of the molecule is B[O][Sn]([CH2]CCC)([O]B)[O][Sn]([CH2]CCC)([CH2]CCC)[CH2]CCC. The summed E-state index contributed by atoms with van der Waals surface area (Å²) in [5.74, 6) is 0. The van der Waals surface area contributed by atoms with Gasteiger partial charge in [0.1, 0.15) is 0 Å². The number of hydrogen-bond donors (Lipinski definition) is 0. The molecule has 0 bridgehead atoms. The molecule has 0 aromatic rings. The predicted octanol–water partition coefficient (Wildman–Crippen LogP) is 4.22. The molecule has 7 heteroatoms. The van der Waals surface area contributed by atoms with Crippen molar-refractivity contribution in [1.29, 1.82) is 0 Å². The Morgan fingerprint density at radius 1 is 0.609 bits per heavy atom. The van der Waals surface area contributed by atoms with Gasteiger partial charge in [-0.25, -0.2) is 0 Å². The Morgan fingerprint density at radius 3 is 1.26 bits per heavy atom. The van der Waals surface area contributed by atoms with Crippen molar-refractivity contribution in [3.8, 4) is 0 Å². The van der Waals surface area contributed by atoms with Crippen LogP contribution in [0.4, 0.5) is 0 Å². The minimum absolute atomic E-state index is 1.06. The Morgan fingerprint density at radius 2 is 0.957 bits per heavy atom. The molecule has 0 aromatic heterocycles. The van der Waals surface area contributed by atoms with E-state index in [-0.39, 0.29) is 0 Å². The van der Waals surface area contributed by atoms with Crippen LogP contribution in [0.15, 0.2) is 0 Å². The summed E-state index contributed by atoms with van der Waals surface area (Å²) in [5.41, 5.74) is 0. The first-order valence-electron chi connectivity index (χ1n) is 9.88. The Labute approximate surface area is 157 Å². The van der Waals surface area contributed by atoms with E-state index in [0.29, 0.717) is 0 Å². The summed E-state index contributed by atoms with van der Waals surface area (Å²) in [6.45, 7) is 9.15. The summed E-state index contributed by atoms with van der Waals surface area (Å²) in [6.07, 6.45) is 10.2. The number of hydrogen-bond acceptors (Lipinski definition) is 3. The molecular formula is C16H40B2O3Sn2. The summed E-state index contributed by atoms with van der Waals surface area (Å²) in [4.78, 5) is 0. The molecule has 0 saturated heterocycles. The second kappa shape index (κ2) is 14.7. The van der Waals surface area contributed by atoms with Crippen molar-refractivity contribution < 1.29 is 7.39 Å². The van der Waals surface area contributed by atoms with Gasteiger partial charge in [-0.2, -0.15) is 0 Å². The van der Waals surface area contributed by atoms with E-state index in [1.807, 2.05) is 16.1 Å². The number of unbranched alkanes of at least 4 members (excludes halogenated alkanes) is 4. The summed E-state index contributed by atoms with van der Waals surface area (Å²) >= 11 is -5.94. The predicted molar refractivity (Wildman–Crippen MR) is 111 cm³/mol. The molecule has 0 amide bonds. The van der Waals surface area contributed by atoms with Crippen molar-refractivity contribution >= 4 is 54.5 Å². The third-order valence-corrected chi connectivity index (χ3v) is 38.3. The van der Waals surface area contributed by atoms with E-state index in [9.17, 15) is 0 Å². The Hall–Kier alpha value is 1.61. The summed E-state index contributed by atoms with van der Waals surface area (Å²) in [5, 5.41) is 0. The van der Waals surface area contributed by atoms with Crippen molar-refractivity contribution in [2.24, 2.45) is 0 Å². The van der Waals surface area contributed by atoms with E-state index < -0.39 is 38.4 Å². The normalized spacial score (nSPS) is 12.7. The molecule has 0 saturated carbocycles. The van der Waals surface area contributed by atoms with Gasteiger partial charge in [-0.1, -0.05) is 0 Å². The summed E-state index contributed by atoms with van der Waals surface area (Å²) in [6, 6.07) is 0. The van der Waals surface area contributed by atoms with Crippen molar-refractivity contribution in [1.82, 2.24) is 0 Å². The van der Waals surface area contributed by atoms with Gasteiger partial charge in [0, 0.05) is 0 Å². The van der Waals surface area contributed by atoms with Crippen LogP contribution in [0.3, 0.4) is 0 Å². The summed E-state index contributed by atoms with van der Waals surface area (Å²) in [7, 11) is 3.68. The molecule has 0 atom stereocenters. The average molecular weight is 540 g/mol. The molecule has 0 rings (SSSR count). The van der Waals surface area contributed by atoms with E-state index >= 15 is 0 Å². The van der Waals surface area contributed by atoms with Crippen LogP contribution >= 0.6 is 0 Å². The molecular weight excluding hydrogens is 499 g/mol. The topological polar surface area (TPSA) is 27.7 Å².